The SMILES string of the molecule is O=C(N1CCOCC1)C1(F)CCN(C(=O)C2(c3ccccc3)CC2)CC1. The fourth-order valence-corrected chi connectivity index (χ4v) is 4.14. The van der Waals surface area contributed by atoms with Crippen molar-refractivity contribution in [2.75, 3.05) is 39.4 Å². The standard InChI is InChI=1S/C20H25FN2O3/c21-20(18(25)23-12-14-26-15-13-23)8-10-22(11-9-20)17(24)19(6-7-19)16-4-2-1-3-5-16/h1-5H,6-15H2. The molecule has 6 heteroatoms. The van der Waals surface area contributed by atoms with Crippen LogP contribution in [0.15, 0.2) is 30.3 Å². The number of hydrogen-bond acceptors (Lipinski definition) is 3. The number of amides is 2. The Kier molecular flexibility index (Phi) is 4.47. The van der Waals surface area contributed by atoms with E-state index in [-0.39, 0.29) is 18.7 Å². The minimum absolute atomic E-state index is 0.0831. The predicted molar refractivity (Wildman–Crippen MR) is 94.4 cm³/mol. The highest BCUT2D eigenvalue weighted by molar-refractivity contribution is 5.92. The summed E-state index contributed by atoms with van der Waals surface area (Å²) in [6.45, 7) is 2.44. The minimum Gasteiger partial charge on any atom is -0.378 e. The van der Waals surface area contributed by atoms with E-state index in [0.717, 1.165) is 18.4 Å². The maximum absolute atomic E-state index is 15.3. The molecule has 2 amide bonds. The third kappa shape index (κ3) is 3.00. The van der Waals surface area contributed by atoms with Crippen molar-refractivity contribution in [1.29, 1.82) is 0 Å². The zero-order valence-electron chi connectivity index (χ0n) is 15.0. The first-order valence-corrected chi connectivity index (χ1v) is 9.46. The summed E-state index contributed by atoms with van der Waals surface area (Å²) < 4.78 is 20.5. The zero-order chi connectivity index (χ0) is 18.2. The van der Waals surface area contributed by atoms with Crippen LogP contribution >= 0.6 is 0 Å². The van der Waals surface area contributed by atoms with Crippen LogP contribution in [-0.2, 0) is 19.7 Å². The van der Waals surface area contributed by atoms with Crippen LogP contribution in [-0.4, -0.2) is 66.7 Å². The highest BCUT2D eigenvalue weighted by atomic mass is 19.1. The van der Waals surface area contributed by atoms with Gasteiger partial charge in [-0.05, 0) is 18.4 Å². The van der Waals surface area contributed by atoms with Crippen LogP contribution in [0.5, 0.6) is 0 Å². The van der Waals surface area contributed by atoms with Gasteiger partial charge < -0.3 is 14.5 Å². The predicted octanol–water partition coefficient (Wildman–Crippen LogP) is 1.91. The molecule has 0 bridgehead atoms. The fraction of sp³-hybridized carbons (Fsp3) is 0.600. The lowest BCUT2D eigenvalue weighted by atomic mass is 9.89. The summed E-state index contributed by atoms with van der Waals surface area (Å²) in [5.41, 5.74) is -1.23. The second-order valence-electron chi connectivity index (χ2n) is 7.61. The molecule has 140 valence electrons. The van der Waals surface area contributed by atoms with Crippen molar-refractivity contribution in [3.8, 4) is 0 Å². The number of alkyl halides is 1. The number of likely N-dealkylation sites (tertiary alicyclic amines) is 1. The molecule has 0 unspecified atom stereocenters. The molecule has 0 radical (unpaired) electrons. The quantitative estimate of drug-likeness (QED) is 0.827. The van der Waals surface area contributed by atoms with Crippen molar-refractivity contribution in [2.24, 2.45) is 0 Å². The van der Waals surface area contributed by atoms with Gasteiger partial charge in [0.15, 0.2) is 5.67 Å². The topological polar surface area (TPSA) is 49.9 Å². The monoisotopic (exact) mass is 360 g/mol. The summed E-state index contributed by atoms with van der Waals surface area (Å²) in [7, 11) is 0. The van der Waals surface area contributed by atoms with Crippen molar-refractivity contribution in [2.45, 2.75) is 36.8 Å². The van der Waals surface area contributed by atoms with Crippen LogP contribution in [0.3, 0.4) is 0 Å². The van der Waals surface area contributed by atoms with E-state index in [2.05, 4.69) is 0 Å². The average Bonchev–Trinajstić information content (AvgIpc) is 3.51. The van der Waals surface area contributed by atoms with Crippen molar-refractivity contribution < 1.29 is 18.7 Å². The summed E-state index contributed by atoms with van der Waals surface area (Å²) in [5, 5.41) is 0. The molecule has 0 atom stereocenters. The first kappa shape index (κ1) is 17.5. The summed E-state index contributed by atoms with van der Waals surface area (Å²) in [4.78, 5) is 28.9. The van der Waals surface area contributed by atoms with E-state index in [9.17, 15) is 9.59 Å². The van der Waals surface area contributed by atoms with Gasteiger partial charge in [-0.1, -0.05) is 30.3 Å². The maximum Gasteiger partial charge on any atom is 0.260 e. The Bertz CT molecular complexity index is 676. The van der Waals surface area contributed by atoms with E-state index in [1.165, 1.54) is 0 Å². The van der Waals surface area contributed by atoms with Crippen LogP contribution in [0.1, 0.15) is 31.2 Å². The van der Waals surface area contributed by atoms with E-state index in [1.807, 2.05) is 30.3 Å². The molecule has 1 saturated carbocycles. The minimum atomic E-state index is -1.85. The maximum atomic E-state index is 15.3. The first-order valence-electron chi connectivity index (χ1n) is 9.46. The number of ether oxygens (including phenoxy) is 1. The van der Waals surface area contributed by atoms with E-state index < -0.39 is 17.0 Å². The lowest BCUT2D eigenvalue weighted by molar-refractivity contribution is -0.154. The Hall–Kier alpha value is -1.95. The molecule has 1 aromatic rings. The smallest absolute Gasteiger partial charge is 0.260 e. The van der Waals surface area contributed by atoms with Crippen LogP contribution in [0.25, 0.3) is 0 Å². The number of carbonyl (C=O) groups excluding carboxylic acids is 2. The van der Waals surface area contributed by atoms with Gasteiger partial charge in [-0.15, -0.1) is 0 Å². The number of hydrogen-bond donors (Lipinski definition) is 0. The Morgan fingerprint density at radius 3 is 2.00 bits per heavy atom. The van der Waals surface area contributed by atoms with Gasteiger partial charge in [-0.25, -0.2) is 4.39 Å². The molecule has 3 fully saturated rings. The van der Waals surface area contributed by atoms with Gasteiger partial charge in [0.1, 0.15) is 0 Å². The highest BCUT2D eigenvalue weighted by Gasteiger charge is 2.54. The molecule has 5 nitrogen and oxygen atoms in total. The Morgan fingerprint density at radius 2 is 1.42 bits per heavy atom. The molecule has 2 heterocycles. The molecule has 1 aromatic carbocycles. The van der Waals surface area contributed by atoms with E-state index in [0.29, 0.717) is 39.4 Å². The first-order chi connectivity index (χ1) is 12.6. The number of piperidine rings is 1. The van der Waals surface area contributed by atoms with E-state index >= 15 is 4.39 Å². The van der Waals surface area contributed by atoms with Crippen molar-refractivity contribution in [1.82, 2.24) is 9.80 Å². The Morgan fingerprint density at radius 1 is 0.846 bits per heavy atom. The highest BCUT2D eigenvalue weighted by Crippen LogP contribution is 2.50. The van der Waals surface area contributed by atoms with E-state index in [4.69, 9.17) is 4.74 Å². The molecule has 1 aliphatic carbocycles. The van der Waals surface area contributed by atoms with Crippen LogP contribution in [0, 0.1) is 0 Å². The molecule has 2 saturated heterocycles. The molecule has 26 heavy (non-hydrogen) atoms. The Labute approximate surface area is 153 Å². The zero-order valence-corrected chi connectivity index (χ0v) is 15.0. The molecule has 0 spiro atoms. The van der Waals surface area contributed by atoms with Gasteiger partial charge in [-0.3, -0.25) is 9.59 Å². The number of benzene rings is 1. The molecule has 4 rings (SSSR count). The molecular weight excluding hydrogens is 335 g/mol. The number of nitrogens with zero attached hydrogens (tertiary/aromatic N) is 2. The number of morpholine rings is 1. The second kappa shape index (κ2) is 6.65. The van der Waals surface area contributed by atoms with Gasteiger partial charge >= 0.3 is 0 Å². The normalized spacial score (nSPS) is 24.2. The van der Waals surface area contributed by atoms with Gasteiger partial charge in [0.05, 0.1) is 18.6 Å². The average molecular weight is 360 g/mol. The number of halogens is 1. The second-order valence-corrected chi connectivity index (χ2v) is 7.61. The molecule has 3 aliphatic rings. The van der Waals surface area contributed by atoms with Gasteiger partial charge in [0.2, 0.25) is 5.91 Å². The lowest BCUT2D eigenvalue weighted by Crippen LogP contribution is -2.56. The van der Waals surface area contributed by atoms with Gasteiger partial charge in [-0.2, -0.15) is 0 Å². The van der Waals surface area contributed by atoms with Crippen LogP contribution in [0.4, 0.5) is 4.39 Å². The van der Waals surface area contributed by atoms with Crippen molar-refractivity contribution in [3.63, 3.8) is 0 Å². The van der Waals surface area contributed by atoms with Gasteiger partial charge in [0, 0.05) is 39.0 Å². The van der Waals surface area contributed by atoms with Crippen molar-refractivity contribution in [3.05, 3.63) is 35.9 Å². The summed E-state index contributed by atoms with van der Waals surface area (Å²) in [5.74, 6) is -0.346. The number of carbonyl (C=O) groups is 2. The molecule has 0 N–H and O–H groups in total. The molecule has 2 aliphatic heterocycles. The third-order valence-electron chi connectivity index (χ3n) is 6.01. The fourth-order valence-electron chi connectivity index (χ4n) is 4.14. The van der Waals surface area contributed by atoms with E-state index in [1.54, 1.807) is 9.80 Å². The van der Waals surface area contributed by atoms with Crippen LogP contribution in [0.2, 0.25) is 0 Å². The molecule has 0 aromatic heterocycles. The third-order valence-corrected chi connectivity index (χ3v) is 6.01. The number of rotatable bonds is 3. The van der Waals surface area contributed by atoms with Crippen LogP contribution < -0.4 is 0 Å². The lowest BCUT2D eigenvalue weighted by Gasteiger charge is -2.40. The van der Waals surface area contributed by atoms with Gasteiger partial charge in [0.25, 0.3) is 5.91 Å². The summed E-state index contributed by atoms with van der Waals surface area (Å²) >= 11 is 0. The summed E-state index contributed by atoms with van der Waals surface area (Å²) in [6, 6.07) is 9.84. The Balaban J connectivity index is 1.40. The largest absolute Gasteiger partial charge is 0.378 e. The van der Waals surface area contributed by atoms with Crippen molar-refractivity contribution >= 4 is 11.8 Å². The summed E-state index contributed by atoms with van der Waals surface area (Å²) in [6.07, 6.45) is 1.86. The molecular formula is C20H25FN2O3.